The van der Waals surface area contributed by atoms with Crippen LogP contribution < -0.4 is 30.3 Å². The smallest absolute Gasteiger partial charge is 0.337 e. The molecular formula is C31H31Cl2FN4O7. The molecule has 45 heavy (non-hydrogen) atoms. The van der Waals surface area contributed by atoms with Gasteiger partial charge >= 0.3 is 12.0 Å². The van der Waals surface area contributed by atoms with Gasteiger partial charge in [0.1, 0.15) is 19.0 Å². The van der Waals surface area contributed by atoms with Gasteiger partial charge in [-0.25, -0.2) is 14.0 Å². The van der Waals surface area contributed by atoms with Gasteiger partial charge in [-0.05, 0) is 66.9 Å². The largest absolute Gasteiger partial charge is 0.490 e. The molecule has 14 heteroatoms. The first-order valence-corrected chi connectivity index (χ1v) is 14.4. The fourth-order valence-corrected chi connectivity index (χ4v) is 4.96. The number of benzene rings is 3. The van der Waals surface area contributed by atoms with Gasteiger partial charge in [0.25, 0.3) is 0 Å². The number of methoxy groups -OCH3 is 1. The van der Waals surface area contributed by atoms with E-state index >= 15 is 0 Å². The van der Waals surface area contributed by atoms with Gasteiger partial charge < -0.3 is 34.7 Å². The molecule has 3 aromatic carbocycles. The lowest BCUT2D eigenvalue weighted by Gasteiger charge is -2.28. The maximum absolute atomic E-state index is 13.1. The van der Waals surface area contributed by atoms with Gasteiger partial charge in [0.15, 0.2) is 23.5 Å². The zero-order chi connectivity index (χ0) is 32.5. The molecule has 0 saturated heterocycles. The second kappa shape index (κ2) is 15.5. The third kappa shape index (κ3) is 8.78. The van der Waals surface area contributed by atoms with Crippen molar-refractivity contribution in [2.24, 2.45) is 5.10 Å². The number of aliphatic hydroxyl groups is 1. The molecule has 0 unspecified atom stereocenters. The fourth-order valence-electron chi connectivity index (χ4n) is 4.35. The minimum atomic E-state index is -1.21. The van der Waals surface area contributed by atoms with Crippen molar-refractivity contribution in [3.63, 3.8) is 0 Å². The summed E-state index contributed by atoms with van der Waals surface area (Å²) in [6.07, 6.45) is 0.201. The highest BCUT2D eigenvalue weighted by molar-refractivity contribution is 6.37. The maximum atomic E-state index is 13.1. The summed E-state index contributed by atoms with van der Waals surface area (Å²) in [5, 5.41) is 20.2. The molecule has 2 amide bonds. The minimum Gasteiger partial charge on any atom is -0.490 e. The lowest BCUT2D eigenvalue weighted by atomic mass is 9.95. The normalized spacial score (nSPS) is 15.3. The zero-order valence-electron chi connectivity index (χ0n) is 24.5. The van der Waals surface area contributed by atoms with E-state index in [0.717, 1.165) is 5.56 Å². The summed E-state index contributed by atoms with van der Waals surface area (Å²) in [6.45, 7) is 3.66. The number of carbonyl (C=O) groups excluding carboxylic acids is 2. The second-order valence-electron chi connectivity index (χ2n) is 9.64. The summed E-state index contributed by atoms with van der Waals surface area (Å²) in [5.74, 6) is -0.00356. The lowest BCUT2D eigenvalue weighted by Crippen LogP contribution is -2.45. The maximum Gasteiger partial charge on any atom is 0.337 e. The van der Waals surface area contributed by atoms with Gasteiger partial charge in [-0.1, -0.05) is 41.4 Å². The third-order valence-corrected chi connectivity index (χ3v) is 6.99. The van der Waals surface area contributed by atoms with Crippen LogP contribution in [0.5, 0.6) is 17.2 Å². The molecule has 0 aliphatic carbocycles. The van der Waals surface area contributed by atoms with Gasteiger partial charge in [-0.15, -0.1) is 0 Å². The van der Waals surface area contributed by atoms with E-state index in [-0.39, 0.29) is 40.4 Å². The highest BCUT2D eigenvalue weighted by Gasteiger charge is 2.32. The predicted molar refractivity (Wildman–Crippen MR) is 166 cm³/mol. The molecule has 4 rings (SSSR count). The number of urea groups is 1. The molecular weight excluding hydrogens is 630 g/mol. The topological polar surface area (TPSA) is 140 Å². The molecule has 1 aliphatic rings. The van der Waals surface area contributed by atoms with Crippen molar-refractivity contribution in [1.82, 2.24) is 16.1 Å². The molecule has 3 aromatic rings. The Labute approximate surface area is 268 Å². The number of allylic oxidation sites excluding steroid dienone is 1. The Kier molecular flexibility index (Phi) is 11.5. The summed E-state index contributed by atoms with van der Waals surface area (Å²) >= 11 is 12.7. The standard InChI is InChI=1S/C31H31Cl2FN4O7/c1-4-43-25-13-20(28-27(30(40)42-3)17(2)36-31(41)37-28)7-10-24(25)44-16-26(39)38-35-14-19-11-22(32)29(23(33)12-19)45-15-18-5-8-21(34)9-6-18/h5-14,26,28,38-39H,4,15-16H2,1-3H3,(H2,36,37,41)/b35-14-/t26-,28-/m0/s1. The summed E-state index contributed by atoms with van der Waals surface area (Å²) in [6, 6.07) is 12.7. The summed E-state index contributed by atoms with van der Waals surface area (Å²) in [4.78, 5) is 24.6. The Morgan fingerprint density at radius 3 is 2.47 bits per heavy atom. The van der Waals surface area contributed by atoms with Crippen LogP contribution >= 0.6 is 23.2 Å². The minimum absolute atomic E-state index is 0.147. The van der Waals surface area contributed by atoms with Gasteiger partial charge in [0.05, 0.1) is 41.6 Å². The predicted octanol–water partition coefficient (Wildman–Crippen LogP) is 5.23. The van der Waals surface area contributed by atoms with Crippen molar-refractivity contribution in [3.8, 4) is 17.2 Å². The Morgan fingerprint density at radius 2 is 1.80 bits per heavy atom. The van der Waals surface area contributed by atoms with E-state index in [4.69, 9.17) is 42.1 Å². The molecule has 0 aromatic heterocycles. The van der Waals surface area contributed by atoms with E-state index in [2.05, 4.69) is 21.2 Å². The van der Waals surface area contributed by atoms with Gasteiger partial charge in [-0.2, -0.15) is 5.10 Å². The van der Waals surface area contributed by atoms with Crippen LogP contribution in [0.2, 0.25) is 10.0 Å². The van der Waals surface area contributed by atoms with Crippen molar-refractivity contribution in [3.05, 3.63) is 98.4 Å². The first kappa shape index (κ1) is 33.4. The summed E-state index contributed by atoms with van der Waals surface area (Å²) in [5.41, 5.74) is 5.02. The number of hydrazone groups is 1. The molecule has 0 spiro atoms. The van der Waals surface area contributed by atoms with Crippen LogP contribution in [-0.2, 0) is 16.1 Å². The van der Waals surface area contributed by atoms with Gasteiger partial charge in [0.2, 0.25) is 0 Å². The van der Waals surface area contributed by atoms with Crippen LogP contribution in [0.4, 0.5) is 9.18 Å². The number of carbonyl (C=O) groups is 2. The summed E-state index contributed by atoms with van der Waals surface area (Å²) in [7, 11) is 1.26. The number of hydrogen-bond donors (Lipinski definition) is 4. The highest BCUT2D eigenvalue weighted by Crippen LogP contribution is 2.36. The zero-order valence-corrected chi connectivity index (χ0v) is 26.0. The number of halogens is 3. The Bertz CT molecular complexity index is 1580. The second-order valence-corrected chi connectivity index (χ2v) is 10.5. The molecule has 1 heterocycles. The number of nitrogens with one attached hydrogen (secondary N) is 3. The Morgan fingerprint density at radius 1 is 1.09 bits per heavy atom. The van der Waals surface area contributed by atoms with E-state index in [0.29, 0.717) is 34.9 Å². The van der Waals surface area contributed by atoms with Crippen molar-refractivity contribution in [1.29, 1.82) is 0 Å². The monoisotopic (exact) mass is 660 g/mol. The number of amides is 2. The molecule has 2 atom stereocenters. The molecule has 0 bridgehead atoms. The van der Waals surface area contributed by atoms with E-state index in [1.165, 1.54) is 25.5 Å². The first-order valence-electron chi connectivity index (χ1n) is 13.7. The average Bonchev–Trinajstić information content (AvgIpc) is 3.00. The number of nitrogens with zero attached hydrogens (tertiary/aromatic N) is 1. The average molecular weight is 662 g/mol. The van der Waals surface area contributed by atoms with Gasteiger partial charge in [0, 0.05) is 5.70 Å². The molecule has 4 N–H and O–H groups in total. The Hall–Kier alpha value is -4.52. The van der Waals surface area contributed by atoms with Gasteiger partial charge in [-0.3, -0.25) is 5.43 Å². The molecule has 0 radical (unpaired) electrons. The van der Waals surface area contributed by atoms with Crippen molar-refractivity contribution in [2.45, 2.75) is 32.7 Å². The lowest BCUT2D eigenvalue weighted by molar-refractivity contribution is -0.136. The fraction of sp³-hybridized carbons (Fsp3) is 0.258. The summed E-state index contributed by atoms with van der Waals surface area (Å²) < 4.78 is 35.2. The van der Waals surface area contributed by atoms with Crippen LogP contribution in [0.1, 0.15) is 36.6 Å². The highest BCUT2D eigenvalue weighted by atomic mass is 35.5. The van der Waals surface area contributed by atoms with Crippen molar-refractivity contribution >= 4 is 41.4 Å². The van der Waals surface area contributed by atoms with Crippen LogP contribution in [0.15, 0.2) is 71.0 Å². The number of ether oxygens (including phenoxy) is 4. The SMILES string of the molecule is CCOc1cc([C@@H]2NC(=O)NC(C)=C2C(=O)OC)ccc1OC[C@H](O)N/N=C\c1cc(Cl)c(OCc2ccc(F)cc2)c(Cl)c1. The number of hydrogen-bond acceptors (Lipinski definition) is 9. The van der Waals surface area contributed by atoms with E-state index < -0.39 is 24.3 Å². The number of rotatable bonds is 13. The van der Waals surface area contributed by atoms with E-state index in [1.54, 1.807) is 56.3 Å². The van der Waals surface area contributed by atoms with Crippen LogP contribution in [0.25, 0.3) is 0 Å². The molecule has 238 valence electrons. The van der Waals surface area contributed by atoms with Crippen LogP contribution in [-0.4, -0.2) is 49.9 Å². The quantitative estimate of drug-likeness (QED) is 0.0846. The Balaban J connectivity index is 1.37. The molecule has 1 aliphatic heterocycles. The number of esters is 1. The van der Waals surface area contributed by atoms with E-state index in [1.807, 2.05) is 0 Å². The van der Waals surface area contributed by atoms with Crippen molar-refractivity contribution in [2.75, 3.05) is 20.3 Å². The van der Waals surface area contributed by atoms with Crippen molar-refractivity contribution < 1.29 is 38.0 Å². The first-order chi connectivity index (χ1) is 21.6. The molecule has 0 fully saturated rings. The molecule has 0 saturated carbocycles. The third-order valence-electron chi connectivity index (χ3n) is 6.43. The van der Waals surface area contributed by atoms with Crippen LogP contribution in [0, 0.1) is 5.82 Å². The van der Waals surface area contributed by atoms with Crippen LogP contribution in [0.3, 0.4) is 0 Å². The van der Waals surface area contributed by atoms with E-state index in [9.17, 15) is 19.1 Å². The number of aliphatic hydroxyl groups excluding tert-OH is 1. The molecule has 11 nitrogen and oxygen atoms in total.